The molecule has 2 aromatic rings. The molecule has 16 heavy (non-hydrogen) atoms. The summed E-state index contributed by atoms with van der Waals surface area (Å²) in [5.41, 5.74) is 6.73. The fraction of sp³-hybridized carbons (Fsp3) is 0.300. The Morgan fingerprint density at radius 2 is 2.38 bits per heavy atom. The smallest absolute Gasteiger partial charge is 0.176 e. The van der Waals surface area contributed by atoms with Gasteiger partial charge in [0.25, 0.3) is 0 Å². The van der Waals surface area contributed by atoms with Gasteiger partial charge in [0.2, 0.25) is 0 Å². The quantitative estimate of drug-likeness (QED) is 0.900. The van der Waals surface area contributed by atoms with E-state index >= 15 is 0 Å². The molecule has 6 heteroatoms. The van der Waals surface area contributed by atoms with Gasteiger partial charge in [0.05, 0.1) is 0 Å². The van der Waals surface area contributed by atoms with Crippen LogP contribution >= 0.6 is 23.3 Å². The van der Waals surface area contributed by atoms with E-state index in [-0.39, 0.29) is 0 Å². The Bertz CT molecular complexity index is 469. The van der Waals surface area contributed by atoms with E-state index in [1.807, 2.05) is 13.0 Å². The van der Waals surface area contributed by atoms with Crippen LogP contribution in [-0.2, 0) is 6.42 Å². The first kappa shape index (κ1) is 11.5. The molecule has 0 radical (unpaired) electrons. The van der Waals surface area contributed by atoms with E-state index in [4.69, 9.17) is 5.73 Å². The minimum absolute atomic E-state index is 0.633. The molecular weight excluding hydrogens is 240 g/mol. The highest BCUT2D eigenvalue weighted by molar-refractivity contribution is 8.00. The summed E-state index contributed by atoms with van der Waals surface area (Å²) in [5, 5.41) is 0.976. The lowest BCUT2D eigenvalue weighted by Gasteiger charge is -2.03. The van der Waals surface area contributed by atoms with E-state index in [2.05, 4.69) is 20.4 Å². The Balaban J connectivity index is 2.20. The summed E-state index contributed by atoms with van der Waals surface area (Å²) in [6.07, 6.45) is 2.63. The zero-order valence-electron chi connectivity index (χ0n) is 8.88. The van der Waals surface area contributed by atoms with Crippen LogP contribution in [0.15, 0.2) is 27.7 Å². The van der Waals surface area contributed by atoms with Crippen molar-refractivity contribution in [2.75, 3.05) is 6.54 Å². The molecule has 0 amide bonds. The average molecular weight is 252 g/mol. The second-order valence-corrected chi connectivity index (χ2v) is 5.20. The van der Waals surface area contributed by atoms with Crippen LogP contribution in [0.2, 0.25) is 0 Å². The molecule has 0 aliphatic carbocycles. The van der Waals surface area contributed by atoms with Crippen molar-refractivity contribution >= 4 is 23.3 Å². The van der Waals surface area contributed by atoms with E-state index in [9.17, 15) is 0 Å². The lowest BCUT2D eigenvalue weighted by Crippen LogP contribution is -2.04. The van der Waals surface area contributed by atoms with Crippen LogP contribution < -0.4 is 5.73 Å². The number of aryl methyl sites for hydroxylation is 1. The first-order valence-electron chi connectivity index (χ1n) is 4.91. The first-order chi connectivity index (χ1) is 7.79. The molecule has 0 saturated heterocycles. The Morgan fingerprint density at radius 1 is 1.50 bits per heavy atom. The molecule has 0 spiro atoms. The van der Waals surface area contributed by atoms with Gasteiger partial charge >= 0.3 is 0 Å². The molecule has 2 heterocycles. The summed E-state index contributed by atoms with van der Waals surface area (Å²) in [6, 6.07) is 3.98. The van der Waals surface area contributed by atoms with Crippen LogP contribution in [0.1, 0.15) is 11.4 Å². The third-order valence-electron chi connectivity index (χ3n) is 1.96. The van der Waals surface area contributed by atoms with Crippen LogP contribution in [0.3, 0.4) is 0 Å². The third-order valence-corrected chi connectivity index (χ3v) is 3.86. The standard InChI is InChI=1S/C10H12N4S2/c1-7-13-10(16-14-7)15-9-8(4-5-11)3-2-6-12-9/h2-3,6H,4-5,11H2,1H3. The van der Waals surface area contributed by atoms with E-state index in [1.54, 1.807) is 18.0 Å². The van der Waals surface area contributed by atoms with E-state index in [0.717, 1.165) is 21.6 Å². The summed E-state index contributed by atoms with van der Waals surface area (Å²) in [4.78, 5) is 8.65. The van der Waals surface area contributed by atoms with Gasteiger partial charge in [0, 0.05) is 6.20 Å². The lowest BCUT2D eigenvalue weighted by atomic mass is 10.2. The van der Waals surface area contributed by atoms with E-state index in [1.165, 1.54) is 17.1 Å². The van der Waals surface area contributed by atoms with Crippen molar-refractivity contribution in [3.8, 4) is 0 Å². The van der Waals surface area contributed by atoms with Crippen molar-refractivity contribution in [1.82, 2.24) is 14.3 Å². The summed E-state index contributed by atoms with van der Waals surface area (Å²) in [6.45, 7) is 2.52. The molecule has 2 rings (SSSR count). The molecule has 0 fully saturated rings. The van der Waals surface area contributed by atoms with Gasteiger partial charge in [-0.05, 0) is 54.8 Å². The minimum Gasteiger partial charge on any atom is -0.330 e. The number of aromatic nitrogens is 3. The van der Waals surface area contributed by atoms with Crippen LogP contribution in [0, 0.1) is 6.92 Å². The van der Waals surface area contributed by atoms with Crippen LogP contribution in [0.4, 0.5) is 0 Å². The molecule has 0 aliphatic heterocycles. The Hall–Kier alpha value is -0.980. The molecule has 2 N–H and O–H groups in total. The summed E-state index contributed by atoms with van der Waals surface area (Å²) < 4.78 is 5.07. The second-order valence-electron chi connectivity index (χ2n) is 3.22. The van der Waals surface area contributed by atoms with Crippen molar-refractivity contribution in [2.24, 2.45) is 5.73 Å². The van der Waals surface area contributed by atoms with Crippen molar-refractivity contribution in [3.63, 3.8) is 0 Å². The van der Waals surface area contributed by atoms with Crippen LogP contribution in [-0.4, -0.2) is 20.9 Å². The molecule has 84 valence electrons. The SMILES string of the molecule is Cc1nsc(Sc2ncccc2CCN)n1. The Labute approximate surface area is 102 Å². The zero-order chi connectivity index (χ0) is 11.4. The largest absolute Gasteiger partial charge is 0.330 e. The maximum Gasteiger partial charge on any atom is 0.176 e. The van der Waals surface area contributed by atoms with Crippen molar-refractivity contribution in [2.45, 2.75) is 22.7 Å². The number of rotatable bonds is 4. The third kappa shape index (κ3) is 2.78. The number of nitrogens with zero attached hydrogens (tertiary/aromatic N) is 3. The van der Waals surface area contributed by atoms with Gasteiger partial charge in [-0.3, -0.25) is 0 Å². The van der Waals surface area contributed by atoms with Crippen LogP contribution in [0.25, 0.3) is 0 Å². The highest BCUT2D eigenvalue weighted by Gasteiger charge is 2.08. The predicted molar refractivity (Wildman–Crippen MR) is 65.8 cm³/mol. The fourth-order valence-electron chi connectivity index (χ4n) is 1.26. The zero-order valence-corrected chi connectivity index (χ0v) is 10.5. The van der Waals surface area contributed by atoms with E-state index in [0.29, 0.717) is 6.54 Å². The van der Waals surface area contributed by atoms with Gasteiger partial charge in [-0.1, -0.05) is 6.07 Å². The normalized spacial score (nSPS) is 10.6. The molecule has 2 aromatic heterocycles. The molecule has 0 saturated carbocycles. The number of hydrogen-bond donors (Lipinski definition) is 1. The molecule has 0 atom stereocenters. The van der Waals surface area contributed by atoms with Gasteiger partial charge < -0.3 is 5.73 Å². The van der Waals surface area contributed by atoms with Crippen molar-refractivity contribution < 1.29 is 0 Å². The molecular formula is C10H12N4S2. The summed E-state index contributed by atoms with van der Waals surface area (Å²) in [5.74, 6) is 0.809. The Morgan fingerprint density at radius 3 is 3.06 bits per heavy atom. The van der Waals surface area contributed by atoms with Gasteiger partial charge in [-0.25, -0.2) is 9.97 Å². The minimum atomic E-state index is 0.633. The maximum atomic E-state index is 5.56. The highest BCUT2D eigenvalue weighted by atomic mass is 32.2. The summed E-state index contributed by atoms with van der Waals surface area (Å²) >= 11 is 2.96. The first-order valence-corrected chi connectivity index (χ1v) is 6.50. The van der Waals surface area contributed by atoms with Crippen molar-refractivity contribution in [3.05, 3.63) is 29.7 Å². The average Bonchev–Trinajstić information content (AvgIpc) is 2.67. The monoisotopic (exact) mass is 252 g/mol. The van der Waals surface area contributed by atoms with Gasteiger partial charge in [-0.2, -0.15) is 4.37 Å². The van der Waals surface area contributed by atoms with Gasteiger partial charge in [0.1, 0.15) is 10.9 Å². The summed E-state index contributed by atoms with van der Waals surface area (Å²) in [7, 11) is 0. The Kier molecular flexibility index (Phi) is 3.87. The molecule has 0 aliphatic rings. The van der Waals surface area contributed by atoms with Gasteiger partial charge in [-0.15, -0.1) is 0 Å². The topological polar surface area (TPSA) is 64.7 Å². The fourth-order valence-corrected chi connectivity index (χ4v) is 2.94. The van der Waals surface area contributed by atoms with Gasteiger partial charge in [0.15, 0.2) is 4.34 Å². The molecule has 0 bridgehead atoms. The highest BCUT2D eigenvalue weighted by Crippen LogP contribution is 2.29. The molecule has 0 unspecified atom stereocenters. The van der Waals surface area contributed by atoms with E-state index < -0.39 is 0 Å². The van der Waals surface area contributed by atoms with Crippen LogP contribution in [0.5, 0.6) is 0 Å². The molecule has 0 aromatic carbocycles. The van der Waals surface area contributed by atoms with Crippen molar-refractivity contribution in [1.29, 1.82) is 0 Å². The number of pyridine rings is 1. The number of hydrogen-bond acceptors (Lipinski definition) is 6. The number of nitrogens with two attached hydrogens (primary N) is 1. The predicted octanol–water partition coefficient (Wildman–Crippen LogP) is 1.89. The second kappa shape index (κ2) is 5.38. The maximum absolute atomic E-state index is 5.56. The molecule has 4 nitrogen and oxygen atoms in total. The lowest BCUT2D eigenvalue weighted by molar-refractivity contribution is 0.911.